The Morgan fingerprint density at radius 1 is 1.25 bits per heavy atom. The molecule has 0 saturated carbocycles. The van der Waals surface area contributed by atoms with Crippen molar-refractivity contribution in [3.8, 4) is 0 Å². The molecule has 1 unspecified atom stereocenters. The first kappa shape index (κ1) is 13.5. The Kier molecular flexibility index (Phi) is 4.33. The van der Waals surface area contributed by atoms with Gasteiger partial charge in [-0.15, -0.1) is 11.8 Å². The van der Waals surface area contributed by atoms with Crippen molar-refractivity contribution in [2.24, 2.45) is 11.1 Å². The maximum Gasteiger partial charge on any atom is 0.159 e. The van der Waals surface area contributed by atoms with Crippen LogP contribution in [0.15, 0.2) is 23.1 Å². The van der Waals surface area contributed by atoms with Crippen LogP contribution in [-0.2, 0) is 0 Å². The van der Waals surface area contributed by atoms with E-state index in [1.165, 1.54) is 17.8 Å². The Morgan fingerprint density at radius 3 is 2.38 bits per heavy atom. The summed E-state index contributed by atoms with van der Waals surface area (Å²) in [7, 11) is 0. The summed E-state index contributed by atoms with van der Waals surface area (Å²) >= 11 is 1.45. The van der Waals surface area contributed by atoms with Gasteiger partial charge in [-0.3, -0.25) is 0 Å². The molecule has 0 aromatic heterocycles. The van der Waals surface area contributed by atoms with Gasteiger partial charge in [0.05, 0.1) is 0 Å². The predicted molar refractivity (Wildman–Crippen MR) is 64.5 cm³/mol. The fourth-order valence-corrected chi connectivity index (χ4v) is 2.23. The molecule has 0 radical (unpaired) electrons. The van der Waals surface area contributed by atoms with E-state index in [0.717, 1.165) is 6.07 Å². The van der Waals surface area contributed by atoms with Crippen molar-refractivity contribution < 1.29 is 8.78 Å². The van der Waals surface area contributed by atoms with Gasteiger partial charge in [-0.1, -0.05) is 20.8 Å². The number of thioether (sulfide) groups is 1. The molecule has 1 aromatic rings. The van der Waals surface area contributed by atoms with E-state index in [4.69, 9.17) is 5.73 Å². The van der Waals surface area contributed by atoms with Gasteiger partial charge in [-0.25, -0.2) is 8.78 Å². The molecule has 0 amide bonds. The fourth-order valence-electron chi connectivity index (χ4n) is 1.00. The molecule has 0 spiro atoms. The molecule has 0 bridgehead atoms. The van der Waals surface area contributed by atoms with Gasteiger partial charge >= 0.3 is 0 Å². The second kappa shape index (κ2) is 5.15. The summed E-state index contributed by atoms with van der Waals surface area (Å²) in [5.74, 6) is -0.937. The summed E-state index contributed by atoms with van der Waals surface area (Å²) in [5.41, 5.74) is 6.00. The largest absolute Gasteiger partial charge is 0.326 e. The molecule has 2 N–H and O–H groups in total. The summed E-state index contributed by atoms with van der Waals surface area (Å²) in [5, 5.41) is 0. The zero-order valence-electron chi connectivity index (χ0n) is 9.76. The average Bonchev–Trinajstić information content (AvgIpc) is 2.18. The van der Waals surface area contributed by atoms with Crippen molar-refractivity contribution in [3.05, 3.63) is 29.8 Å². The van der Waals surface area contributed by atoms with E-state index in [1.54, 1.807) is 6.07 Å². The molecule has 4 heteroatoms. The van der Waals surface area contributed by atoms with Crippen LogP contribution >= 0.6 is 11.8 Å². The fraction of sp³-hybridized carbons (Fsp3) is 0.500. The second-order valence-electron chi connectivity index (χ2n) is 4.86. The molecule has 1 atom stereocenters. The summed E-state index contributed by atoms with van der Waals surface area (Å²) < 4.78 is 25.6. The zero-order chi connectivity index (χ0) is 12.3. The van der Waals surface area contributed by atoms with Crippen molar-refractivity contribution in [1.29, 1.82) is 0 Å². The Labute approximate surface area is 99.4 Å². The van der Waals surface area contributed by atoms with Gasteiger partial charge in [0, 0.05) is 16.7 Å². The third-order valence-corrected chi connectivity index (χ3v) is 3.55. The van der Waals surface area contributed by atoms with E-state index in [9.17, 15) is 8.78 Å². The molecule has 0 aliphatic carbocycles. The van der Waals surface area contributed by atoms with Crippen LogP contribution in [0.5, 0.6) is 0 Å². The van der Waals surface area contributed by atoms with Crippen molar-refractivity contribution in [1.82, 2.24) is 0 Å². The van der Waals surface area contributed by atoms with Crippen LogP contribution in [0.4, 0.5) is 8.78 Å². The number of hydrogen-bond donors (Lipinski definition) is 1. The number of benzene rings is 1. The highest BCUT2D eigenvalue weighted by molar-refractivity contribution is 7.99. The van der Waals surface area contributed by atoms with Crippen molar-refractivity contribution in [2.75, 3.05) is 5.75 Å². The molecule has 0 heterocycles. The quantitative estimate of drug-likeness (QED) is 0.826. The van der Waals surface area contributed by atoms with Gasteiger partial charge in [-0.2, -0.15) is 0 Å². The number of rotatable bonds is 3. The molecule has 0 aliphatic rings. The minimum atomic E-state index is -0.815. The topological polar surface area (TPSA) is 26.0 Å². The summed E-state index contributed by atoms with van der Waals surface area (Å²) in [6.07, 6.45) is 0. The highest BCUT2D eigenvalue weighted by Gasteiger charge is 2.20. The lowest BCUT2D eigenvalue weighted by Crippen LogP contribution is -2.37. The Balaban J connectivity index is 2.58. The summed E-state index contributed by atoms with van der Waals surface area (Å²) in [6.45, 7) is 6.18. The first-order valence-corrected chi connectivity index (χ1v) is 6.12. The molecular weight excluding hydrogens is 228 g/mol. The number of halogens is 2. The molecular formula is C12H17F2NS. The van der Waals surface area contributed by atoms with Crippen LogP contribution < -0.4 is 5.73 Å². The van der Waals surface area contributed by atoms with E-state index in [1.807, 2.05) is 0 Å². The van der Waals surface area contributed by atoms with Crippen molar-refractivity contribution in [2.45, 2.75) is 31.7 Å². The van der Waals surface area contributed by atoms with E-state index < -0.39 is 11.6 Å². The standard InChI is InChI=1S/C12H17F2NS/c1-12(2,3)11(15)7-16-8-4-5-9(13)10(14)6-8/h4-6,11H,7,15H2,1-3H3. The Morgan fingerprint density at radius 2 is 1.88 bits per heavy atom. The zero-order valence-corrected chi connectivity index (χ0v) is 10.6. The number of nitrogens with two attached hydrogens (primary N) is 1. The van der Waals surface area contributed by atoms with Crippen molar-refractivity contribution in [3.63, 3.8) is 0 Å². The Bertz CT molecular complexity index is 361. The first-order valence-electron chi connectivity index (χ1n) is 5.14. The van der Waals surface area contributed by atoms with Crippen LogP contribution in [0.25, 0.3) is 0 Å². The molecule has 16 heavy (non-hydrogen) atoms. The highest BCUT2D eigenvalue weighted by Crippen LogP contribution is 2.26. The summed E-state index contributed by atoms with van der Waals surface area (Å²) in [4.78, 5) is 0.707. The maximum atomic E-state index is 12.9. The molecule has 1 rings (SSSR count). The van der Waals surface area contributed by atoms with Gasteiger partial charge in [0.1, 0.15) is 0 Å². The van der Waals surface area contributed by atoms with Crippen LogP contribution in [0.3, 0.4) is 0 Å². The lowest BCUT2D eigenvalue weighted by molar-refractivity contribution is 0.344. The lowest BCUT2D eigenvalue weighted by Gasteiger charge is -2.26. The van der Waals surface area contributed by atoms with Gasteiger partial charge < -0.3 is 5.73 Å². The molecule has 0 aliphatic heterocycles. The normalized spacial score (nSPS) is 13.9. The third kappa shape index (κ3) is 3.76. The van der Waals surface area contributed by atoms with Crippen molar-refractivity contribution >= 4 is 11.8 Å². The molecule has 0 saturated heterocycles. The second-order valence-corrected chi connectivity index (χ2v) is 5.95. The molecule has 1 aromatic carbocycles. The highest BCUT2D eigenvalue weighted by atomic mass is 32.2. The minimum Gasteiger partial charge on any atom is -0.326 e. The van der Waals surface area contributed by atoms with Gasteiger partial charge in [0.15, 0.2) is 11.6 Å². The molecule has 1 nitrogen and oxygen atoms in total. The smallest absolute Gasteiger partial charge is 0.159 e. The van der Waals surface area contributed by atoms with Gasteiger partial charge in [0.25, 0.3) is 0 Å². The predicted octanol–water partition coefficient (Wildman–Crippen LogP) is 3.43. The van der Waals surface area contributed by atoms with E-state index in [2.05, 4.69) is 20.8 Å². The Hall–Kier alpha value is -0.610. The van der Waals surface area contributed by atoms with E-state index in [-0.39, 0.29) is 11.5 Å². The lowest BCUT2D eigenvalue weighted by atomic mass is 9.89. The third-order valence-electron chi connectivity index (χ3n) is 2.43. The van der Waals surface area contributed by atoms with E-state index >= 15 is 0 Å². The van der Waals surface area contributed by atoms with Gasteiger partial charge in [-0.05, 0) is 23.6 Å². The minimum absolute atomic E-state index is 0.0191. The summed E-state index contributed by atoms with van der Waals surface area (Å²) in [6, 6.07) is 3.93. The van der Waals surface area contributed by atoms with Crippen LogP contribution in [0, 0.1) is 17.0 Å². The van der Waals surface area contributed by atoms with Crippen LogP contribution in [-0.4, -0.2) is 11.8 Å². The SMILES string of the molecule is CC(C)(C)C(N)CSc1ccc(F)c(F)c1. The van der Waals surface area contributed by atoms with Crippen LogP contribution in [0.2, 0.25) is 0 Å². The maximum absolute atomic E-state index is 12.9. The molecule has 0 fully saturated rings. The molecule has 90 valence electrons. The van der Waals surface area contributed by atoms with E-state index in [0.29, 0.717) is 10.6 Å². The van der Waals surface area contributed by atoms with Gasteiger partial charge in [0.2, 0.25) is 0 Å². The average molecular weight is 245 g/mol. The number of hydrogen-bond acceptors (Lipinski definition) is 2. The monoisotopic (exact) mass is 245 g/mol. The first-order chi connectivity index (χ1) is 7.30. The van der Waals surface area contributed by atoms with Crippen LogP contribution in [0.1, 0.15) is 20.8 Å².